The van der Waals surface area contributed by atoms with E-state index in [1.54, 1.807) is 12.1 Å². The lowest BCUT2D eigenvalue weighted by molar-refractivity contribution is 0.466. The molecule has 2 unspecified atom stereocenters. The molecule has 0 amide bonds. The van der Waals surface area contributed by atoms with Gasteiger partial charge in [-0.2, -0.15) is 0 Å². The second-order valence-corrected chi connectivity index (χ2v) is 5.87. The molecule has 0 radical (unpaired) electrons. The smallest absolute Gasteiger partial charge is 0.159 e. The third-order valence-electron chi connectivity index (χ3n) is 3.37. The van der Waals surface area contributed by atoms with Gasteiger partial charge in [0.1, 0.15) is 5.82 Å². The molecular weight excluding hydrogens is 343 g/mol. The summed E-state index contributed by atoms with van der Waals surface area (Å²) in [5.74, 6) is -2.08. The van der Waals surface area contributed by atoms with Gasteiger partial charge in [0.05, 0.1) is 0 Å². The second-order valence-electron chi connectivity index (χ2n) is 4.95. The average molecular weight is 358 g/mol. The number of nitrogens with one attached hydrogen (secondary N) is 1. The molecule has 0 aliphatic heterocycles. The highest BCUT2D eigenvalue weighted by Crippen LogP contribution is 2.24. The van der Waals surface area contributed by atoms with Crippen LogP contribution in [0.2, 0.25) is 0 Å². The Morgan fingerprint density at radius 1 is 0.857 bits per heavy atom. The Bertz CT molecular complexity index is 645. The molecule has 21 heavy (non-hydrogen) atoms. The summed E-state index contributed by atoms with van der Waals surface area (Å²) in [5.41, 5.74) is 1.13. The number of benzene rings is 2. The summed E-state index contributed by atoms with van der Waals surface area (Å²) in [5, 5.41) is 3.17. The number of halogens is 4. The van der Waals surface area contributed by atoms with E-state index in [-0.39, 0.29) is 17.9 Å². The van der Waals surface area contributed by atoms with Crippen LogP contribution in [0.1, 0.15) is 37.1 Å². The molecule has 2 atom stereocenters. The van der Waals surface area contributed by atoms with Crippen LogP contribution in [-0.4, -0.2) is 0 Å². The SMILES string of the molecule is CC(NC(C)c1ccc(Br)cc1F)c1ccc(F)c(F)c1. The lowest BCUT2D eigenvalue weighted by Gasteiger charge is -2.21. The Morgan fingerprint density at radius 2 is 1.57 bits per heavy atom. The quantitative estimate of drug-likeness (QED) is 0.784. The van der Waals surface area contributed by atoms with E-state index >= 15 is 0 Å². The van der Waals surface area contributed by atoms with Crippen LogP contribution >= 0.6 is 15.9 Å². The second kappa shape index (κ2) is 6.62. The first-order valence-corrected chi connectivity index (χ1v) is 7.33. The van der Waals surface area contributed by atoms with E-state index in [4.69, 9.17) is 0 Å². The van der Waals surface area contributed by atoms with Gasteiger partial charge in [-0.1, -0.05) is 28.1 Å². The molecule has 2 rings (SSSR count). The van der Waals surface area contributed by atoms with Gasteiger partial charge in [0.2, 0.25) is 0 Å². The van der Waals surface area contributed by atoms with Gasteiger partial charge in [-0.15, -0.1) is 0 Å². The summed E-state index contributed by atoms with van der Waals surface area (Å²) < 4.78 is 40.7. The fourth-order valence-electron chi connectivity index (χ4n) is 2.20. The normalized spacial score (nSPS) is 14.0. The largest absolute Gasteiger partial charge is 0.304 e. The van der Waals surface area contributed by atoms with Crippen molar-refractivity contribution >= 4 is 15.9 Å². The molecule has 0 saturated heterocycles. The Kier molecular flexibility index (Phi) is 5.06. The molecule has 112 valence electrons. The monoisotopic (exact) mass is 357 g/mol. The summed E-state index contributed by atoms with van der Waals surface area (Å²) in [6.45, 7) is 3.64. The molecule has 5 heteroatoms. The highest BCUT2D eigenvalue weighted by molar-refractivity contribution is 9.10. The van der Waals surface area contributed by atoms with Crippen molar-refractivity contribution in [2.75, 3.05) is 0 Å². The maximum absolute atomic E-state index is 13.9. The first kappa shape index (κ1) is 16.0. The van der Waals surface area contributed by atoms with Gasteiger partial charge in [0, 0.05) is 22.1 Å². The predicted molar refractivity (Wildman–Crippen MR) is 80.4 cm³/mol. The van der Waals surface area contributed by atoms with Crippen LogP contribution in [0.3, 0.4) is 0 Å². The van der Waals surface area contributed by atoms with Gasteiger partial charge in [0.15, 0.2) is 11.6 Å². The van der Waals surface area contributed by atoms with Crippen LogP contribution in [0, 0.1) is 17.5 Å². The van der Waals surface area contributed by atoms with Gasteiger partial charge in [-0.25, -0.2) is 13.2 Å². The zero-order valence-corrected chi connectivity index (χ0v) is 13.2. The molecule has 0 saturated carbocycles. The molecule has 0 aliphatic carbocycles. The lowest BCUT2D eigenvalue weighted by atomic mass is 10.0. The van der Waals surface area contributed by atoms with E-state index in [0.717, 1.165) is 12.1 Å². The van der Waals surface area contributed by atoms with Gasteiger partial charge in [-0.05, 0) is 43.7 Å². The van der Waals surface area contributed by atoms with Crippen molar-refractivity contribution in [1.82, 2.24) is 5.32 Å². The van der Waals surface area contributed by atoms with E-state index in [0.29, 0.717) is 15.6 Å². The van der Waals surface area contributed by atoms with Crippen molar-refractivity contribution in [2.24, 2.45) is 0 Å². The van der Waals surface area contributed by atoms with Crippen molar-refractivity contribution < 1.29 is 13.2 Å². The topological polar surface area (TPSA) is 12.0 Å². The zero-order valence-electron chi connectivity index (χ0n) is 11.6. The van der Waals surface area contributed by atoms with Crippen molar-refractivity contribution in [3.05, 3.63) is 69.4 Å². The number of hydrogen-bond donors (Lipinski definition) is 1. The molecule has 1 N–H and O–H groups in total. The standard InChI is InChI=1S/C16H15BrF3N/c1-9(11-3-6-14(18)16(20)7-11)21-10(2)13-5-4-12(17)8-15(13)19/h3-10,21H,1-2H3. The van der Waals surface area contributed by atoms with Crippen LogP contribution in [0.5, 0.6) is 0 Å². The zero-order chi connectivity index (χ0) is 15.6. The van der Waals surface area contributed by atoms with Crippen molar-refractivity contribution in [3.63, 3.8) is 0 Å². The summed E-state index contributed by atoms with van der Waals surface area (Å²) in [7, 11) is 0. The summed E-state index contributed by atoms with van der Waals surface area (Å²) in [6, 6.07) is 8.11. The fourth-order valence-corrected chi connectivity index (χ4v) is 2.53. The van der Waals surface area contributed by atoms with Crippen LogP contribution in [-0.2, 0) is 0 Å². The van der Waals surface area contributed by atoms with E-state index < -0.39 is 11.6 Å². The molecule has 2 aromatic carbocycles. The predicted octanol–water partition coefficient (Wildman–Crippen LogP) is 5.28. The van der Waals surface area contributed by atoms with E-state index in [9.17, 15) is 13.2 Å². The number of rotatable bonds is 4. The lowest BCUT2D eigenvalue weighted by Crippen LogP contribution is -2.23. The van der Waals surface area contributed by atoms with Crippen LogP contribution in [0.4, 0.5) is 13.2 Å². The Hall–Kier alpha value is -1.33. The van der Waals surface area contributed by atoms with Crippen LogP contribution < -0.4 is 5.32 Å². The first-order chi connectivity index (χ1) is 9.88. The van der Waals surface area contributed by atoms with E-state index in [1.807, 2.05) is 13.8 Å². The summed E-state index contributed by atoms with van der Waals surface area (Å²) in [6.07, 6.45) is 0. The van der Waals surface area contributed by atoms with Gasteiger partial charge in [-0.3, -0.25) is 0 Å². The maximum atomic E-state index is 13.9. The molecule has 1 nitrogen and oxygen atoms in total. The molecular formula is C16H15BrF3N. The maximum Gasteiger partial charge on any atom is 0.159 e. The van der Waals surface area contributed by atoms with Gasteiger partial charge in [0.25, 0.3) is 0 Å². The Balaban J connectivity index is 2.14. The van der Waals surface area contributed by atoms with Crippen molar-refractivity contribution in [1.29, 1.82) is 0 Å². The summed E-state index contributed by atoms with van der Waals surface area (Å²) >= 11 is 3.21. The molecule has 0 bridgehead atoms. The van der Waals surface area contributed by atoms with Crippen LogP contribution in [0.15, 0.2) is 40.9 Å². The average Bonchev–Trinajstić information content (AvgIpc) is 2.41. The summed E-state index contributed by atoms with van der Waals surface area (Å²) in [4.78, 5) is 0. The molecule has 2 aromatic rings. The molecule has 0 fully saturated rings. The van der Waals surface area contributed by atoms with Crippen molar-refractivity contribution in [2.45, 2.75) is 25.9 Å². The van der Waals surface area contributed by atoms with E-state index in [1.165, 1.54) is 12.1 Å². The van der Waals surface area contributed by atoms with Gasteiger partial charge >= 0.3 is 0 Å². The highest BCUT2D eigenvalue weighted by atomic mass is 79.9. The third-order valence-corrected chi connectivity index (χ3v) is 3.87. The Morgan fingerprint density at radius 3 is 2.19 bits per heavy atom. The van der Waals surface area contributed by atoms with E-state index in [2.05, 4.69) is 21.2 Å². The highest BCUT2D eigenvalue weighted by Gasteiger charge is 2.15. The van der Waals surface area contributed by atoms with Crippen molar-refractivity contribution in [3.8, 4) is 0 Å². The molecule has 0 aliphatic rings. The minimum absolute atomic E-state index is 0.238. The third kappa shape index (κ3) is 3.86. The molecule has 0 heterocycles. The first-order valence-electron chi connectivity index (χ1n) is 6.54. The Labute approximate surface area is 130 Å². The number of hydrogen-bond acceptors (Lipinski definition) is 1. The molecule has 0 spiro atoms. The van der Waals surface area contributed by atoms with Gasteiger partial charge < -0.3 is 5.32 Å². The van der Waals surface area contributed by atoms with Crippen LogP contribution in [0.25, 0.3) is 0 Å². The fraction of sp³-hybridized carbons (Fsp3) is 0.250. The molecule has 0 aromatic heterocycles. The minimum Gasteiger partial charge on any atom is -0.304 e. The minimum atomic E-state index is -0.886.